The number of hydrogen-bond donors (Lipinski definition) is 0. The molecular weight excluding hydrogens is 240 g/mol. The van der Waals surface area contributed by atoms with Gasteiger partial charge in [-0.1, -0.05) is 0 Å². The van der Waals surface area contributed by atoms with Crippen LogP contribution in [0.3, 0.4) is 0 Å². The van der Waals surface area contributed by atoms with Gasteiger partial charge in [-0.25, -0.2) is 4.98 Å². The highest BCUT2D eigenvalue weighted by molar-refractivity contribution is 5.83. The van der Waals surface area contributed by atoms with Crippen LogP contribution in [0.15, 0.2) is 33.3 Å². The van der Waals surface area contributed by atoms with Crippen molar-refractivity contribution in [2.45, 2.75) is 33.4 Å². The molecule has 0 amide bonds. The van der Waals surface area contributed by atoms with E-state index in [2.05, 4.69) is 40.5 Å². The van der Waals surface area contributed by atoms with E-state index < -0.39 is 0 Å². The maximum atomic E-state index is 5.04. The lowest BCUT2D eigenvalue weighted by molar-refractivity contribution is 0.205. The van der Waals surface area contributed by atoms with Crippen LogP contribution in [0.5, 0.6) is 0 Å². The van der Waals surface area contributed by atoms with Crippen molar-refractivity contribution in [1.29, 1.82) is 0 Å². The van der Waals surface area contributed by atoms with Gasteiger partial charge in [0, 0.05) is 31.9 Å². The van der Waals surface area contributed by atoms with Gasteiger partial charge in [-0.3, -0.25) is 9.89 Å². The molecule has 0 spiro atoms. The van der Waals surface area contributed by atoms with E-state index in [-0.39, 0.29) is 0 Å². The minimum Gasteiger partial charge on any atom is -0.451 e. The van der Waals surface area contributed by atoms with Gasteiger partial charge in [-0.15, -0.1) is 0 Å². The van der Waals surface area contributed by atoms with Crippen molar-refractivity contribution in [2.75, 3.05) is 19.6 Å². The summed E-state index contributed by atoms with van der Waals surface area (Å²) in [4.78, 5) is 13.7. The SMILES string of the molecule is CC1=N[C@@H](C)C(C)=C2CN(Cc3cocn3)CCN12. The van der Waals surface area contributed by atoms with E-state index in [1.165, 1.54) is 17.7 Å². The summed E-state index contributed by atoms with van der Waals surface area (Å²) < 4.78 is 5.04. The topological polar surface area (TPSA) is 44.9 Å². The van der Waals surface area contributed by atoms with Gasteiger partial charge in [0.15, 0.2) is 6.39 Å². The number of rotatable bonds is 2. The van der Waals surface area contributed by atoms with Gasteiger partial charge in [0.05, 0.1) is 11.7 Å². The molecule has 0 unspecified atom stereocenters. The Morgan fingerprint density at radius 1 is 1.37 bits per heavy atom. The Morgan fingerprint density at radius 3 is 2.95 bits per heavy atom. The fourth-order valence-corrected chi connectivity index (χ4v) is 2.81. The molecule has 3 rings (SSSR count). The van der Waals surface area contributed by atoms with E-state index in [9.17, 15) is 0 Å². The molecular formula is C14H20N4O. The fraction of sp³-hybridized carbons (Fsp3) is 0.571. The zero-order valence-electron chi connectivity index (χ0n) is 11.8. The molecule has 1 aromatic rings. The quantitative estimate of drug-likeness (QED) is 0.814. The molecule has 3 heterocycles. The lowest BCUT2D eigenvalue weighted by Gasteiger charge is -2.41. The van der Waals surface area contributed by atoms with Crippen LogP contribution in [0.1, 0.15) is 26.5 Å². The summed E-state index contributed by atoms with van der Waals surface area (Å²) >= 11 is 0. The van der Waals surface area contributed by atoms with Gasteiger partial charge in [0.2, 0.25) is 0 Å². The summed E-state index contributed by atoms with van der Waals surface area (Å²) in [7, 11) is 0. The second kappa shape index (κ2) is 4.81. The second-order valence-corrected chi connectivity index (χ2v) is 5.32. The molecule has 1 aromatic heterocycles. The largest absolute Gasteiger partial charge is 0.451 e. The molecule has 0 aliphatic carbocycles. The van der Waals surface area contributed by atoms with Crippen LogP contribution in [0.4, 0.5) is 0 Å². The van der Waals surface area contributed by atoms with Gasteiger partial charge >= 0.3 is 0 Å². The lowest BCUT2D eigenvalue weighted by Crippen LogP contribution is -2.48. The highest BCUT2D eigenvalue weighted by Crippen LogP contribution is 2.26. The Labute approximate surface area is 113 Å². The van der Waals surface area contributed by atoms with E-state index in [1.807, 2.05) is 0 Å². The van der Waals surface area contributed by atoms with Crippen molar-refractivity contribution in [3.05, 3.63) is 29.6 Å². The average Bonchev–Trinajstić information content (AvgIpc) is 2.89. The number of nitrogens with zero attached hydrogens (tertiary/aromatic N) is 4. The van der Waals surface area contributed by atoms with Crippen molar-refractivity contribution in [1.82, 2.24) is 14.8 Å². The first kappa shape index (κ1) is 12.4. The Balaban J connectivity index is 1.77. The van der Waals surface area contributed by atoms with Crippen LogP contribution in [-0.4, -0.2) is 46.3 Å². The molecule has 1 saturated heterocycles. The molecule has 5 heteroatoms. The smallest absolute Gasteiger partial charge is 0.180 e. The maximum absolute atomic E-state index is 5.04. The summed E-state index contributed by atoms with van der Waals surface area (Å²) in [5.74, 6) is 1.15. The van der Waals surface area contributed by atoms with Crippen molar-refractivity contribution in [2.24, 2.45) is 4.99 Å². The number of amidine groups is 1. The van der Waals surface area contributed by atoms with E-state index in [0.717, 1.165) is 37.7 Å². The number of hydrogen-bond acceptors (Lipinski definition) is 5. The molecule has 0 N–H and O–H groups in total. The number of aliphatic imine (C=N–C) groups is 1. The normalized spacial score (nSPS) is 24.5. The van der Waals surface area contributed by atoms with Gasteiger partial charge in [-0.2, -0.15) is 0 Å². The Kier molecular flexibility index (Phi) is 3.14. The highest BCUT2D eigenvalue weighted by atomic mass is 16.3. The summed E-state index contributed by atoms with van der Waals surface area (Å²) in [5.41, 5.74) is 3.80. The third kappa shape index (κ3) is 2.30. The predicted molar refractivity (Wildman–Crippen MR) is 73.8 cm³/mol. The second-order valence-electron chi connectivity index (χ2n) is 5.32. The monoisotopic (exact) mass is 260 g/mol. The van der Waals surface area contributed by atoms with Crippen LogP contribution < -0.4 is 0 Å². The standard InChI is InChI=1S/C14H20N4O/c1-10-11(2)16-12(3)18-5-4-17(7-14(10)18)6-13-8-19-9-15-13/h8-9,11H,4-7H2,1-3H3/t11-/m0/s1. The van der Waals surface area contributed by atoms with Gasteiger partial charge < -0.3 is 9.32 Å². The number of aromatic nitrogens is 1. The zero-order chi connectivity index (χ0) is 13.4. The molecule has 2 aliphatic rings. The van der Waals surface area contributed by atoms with Crippen molar-refractivity contribution < 1.29 is 4.42 Å². The molecule has 5 nitrogen and oxygen atoms in total. The van der Waals surface area contributed by atoms with Gasteiger partial charge in [0.1, 0.15) is 12.1 Å². The van der Waals surface area contributed by atoms with Crippen molar-refractivity contribution >= 4 is 5.84 Å². The van der Waals surface area contributed by atoms with Crippen LogP contribution in [0.25, 0.3) is 0 Å². The highest BCUT2D eigenvalue weighted by Gasteiger charge is 2.29. The van der Waals surface area contributed by atoms with E-state index in [0.29, 0.717) is 6.04 Å². The summed E-state index contributed by atoms with van der Waals surface area (Å²) in [5, 5.41) is 0. The van der Waals surface area contributed by atoms with E-state index in [4.69, 9.17) is 4.42 Å². The zero-order valence-corrected chi connectivity index (χ0v) is 11.8. The molecule has 1 fully saturated rings. The Hall–Kier alpha value is -1.62. The van der Waals surface area contributed by atoms with Gasteiger partial charge in [0.25, 0.3) is 0 Å². The van der Waals surface area contributed by atoms with Gasteiger partial charge in [-0.05, 0) is 26.3 Å². The molecule has 0 bridgehead atoms. The average molecular weight is 260 g/mol. The third-order valence-electron chi connectivity index (χ3n) is 4.06. The summed E-state index contributed by atoms with van der Waals surface area (Å²) in [6, 6.07) is 0.304. The molecule has 0 saturated carbocycles. The van der Waals surface area contributed by atoms with Crippen molar-refractivity contribution in [3.63, 3.8) is 0 Å². The molecule has 102 valence electrons. The fourth-order valence-electron chi connectivity index (χ4n) is 2.81. The van der Waals surface area contributed by atoms with E-state index >= 15 is 0 Å². The minimum atomic E-state index is 0.304. The first-order valence-electron chi connectivity index (χ1n) is 6.76. The van der Waals surface area contributed by atoms with Crippen LogP contribution in [0, 0.1) is 0 Å². The number of fused-ring (bicyclic) bond motifs is 1. The summed E-state index contributed by atoms with van der Waals surface area (Å²) in [6.07, 6.45) is 3.22. The molecule has 1 atom stereocenters. The van der Waals surface area contributed by atoms with E-state index in [1.54, 1.807) is 6.26 Å². The maximum Gasteiger partial charge on any atom is 0.180 e. The Bertz CT molecular complexity index is 518. The van der Waals surface area contributed by atoms with Crippen LogP contribution in [0.2, 0.25) is 0 Å². The molecule has 2 aliphatic heterocycles. The third-order valence-corrected chi connectivity index (χ3v) is 4.06. The van der Waals surface area contributed by atoms with Crippen LogP contribution in [-0.2, 0) is 6.54 Å². The number of piperazine rings is 1. The first-order valence-corrected chi connectivity index (χ1v) is 6.76. The first-order chi connectivity index (χ1) is 9.15. The predicted octanol–water partition coefficient (Wildman–Crippen LogP) is 1.89. The van der Waals surface area contributed by atoms with Crippen LogP contribution >= 0.6 is 0 Å². The molecule has 0 aromatic carbocycles. The Morgan fingerprint density at radius 2 is 2.21 bits per heavy atom. The number of oxazole rings is 1. The lowest BCUT2D eigenvalue weighted by atomic mass is 10.0. The van der Waals surface area contributed by atoms with Crippen molar-refractivity contribution in [3.8, 4) is 0 Å². The molecule has 19 heavy (non-hydrogen) atoms. The summed E-state index contributed by atoms with van der Waals surface area (Å²) in [6.45, 7) is 10.3. The minimum absolute atomic E-state index is 0.304. The molecule has 0 radical (unpaired) electrons.